The van der Waals surface area contributed by atoms with E-state index in [9.17, 15) is 9.59 Å². The van der Waals surface area contributed by atoms with Gasteiger partial charge in [-0.05, 0) is 48.7 Å². The van der Waals surface area contributed by atoms with Gasteiger partial charge >= 0.3 is 5.69 Å². The molecule has 0 saturated carbocycles. The fraction of sp³-hybridized carbons (Fsp3) is 0.217. The number of hydrogen-bond donors (Lipinski definition) is 1. The Bertz CT molecular complexity index is 1380. The van der Waals surface area contributed by atoms with Crippen LogP contribution >= 0.6 is 15.9 Å². The van der Waals surface area contributed by atoms with Gasteiger partial charge in [0.1, 0.15) is 6.54 Å². The molecule has 32 heavy (non-hydrogen) atoms. The van der Waals surface area contributed by atoms with Crippen molar-refractivity contribution in [1.82, 2.24) is 19.2 Å². The molecule has 0 bridgehead atoms. The topological polar surface area (TPSA) is 84.5 Å². The summed E-state index contributed by atoms with van der Waals surface area (Å²) >= 11 is 3.37. The van der Waals surface area contributed by atoms with E-state index in [1.165, 1.54) is 20.2 Å². The van der Waals surface area contributed by atoms with Crippen LogP contribution in [0.5, 0.6) is 0 Å². The zero-order valence-corrected chi connectivity index (χ0v) is 19.0. The van der Waals surface area contributed by atoms with Crippen molar-refractivity contribution in [2.45, 2.75) is 26.4 Å². The Morgan fingerprint density at radius 2 is 1.88 bits per heavy atom. The Kier molecular flexibility index (Phi) is 5.26. The SMILES string of the molecule is Cc1cc2nn(CC(=O)Nc3ccc(Br)cc3)c(=O)n2c(N2CCc3ccccc3C2)n1. The van der Waals surface area contributed by atoms with E-state index >= 15 is 0 Å². The van der Waals surface area contributed by atoms with Crippen LogP contribution in [-0.2, 0) is 24.3 Å². The highest BCUT2D eigenvalue weighted by molar-refractivity contribution is 9.10. The molecular weight excluding hydrogens is 472 g/mol. The van der Waals surface area contributed by atoms with Crippen molar-refractivity contribution in [3.8, 4) is 0 Å². The van der Waals surface area contributed by atoms with Gasteiger partial charge in [0.15, 0.2) is 5.65 Å². The van der Waals surface area contributed by atoms with Crippen molar-refractivity contribution < 1.29 is 4.79 Å². The van der Waals surface area contributed by atoms with Crippen molar-refractivity contribution in [3.05, 3.63) is 86.4 Å². The molecule has 1 amide bonds. The lowest BCUT2D eigenvalue weighted by Crippen LogP contribution is -2.35. The number of anilines is 2. The molecule has 0 spiro atoms. The molecule has 5 rings (SSSR count). The minimum atomic E-state index is -0.382. The Morgan fingerprint density at radius 3 is 2.66 bits per heavy atom. The summed E-state index contributed by atoms with van der Waals surface area (Å²) in [4.78, 5) is 32.5. The average molecular weight is 493 g/mol. The maximum atomic E-state index is 13.2. The number of aromatic nitrogens is 4. The molecule has 0 unspecified atom stereocenters. The van der Waals surface area contributed by atoms with Gasteiger partial charge in [0.25, 0.3) is 0 Å². The molecule has 0 atom stereocenters. The van der Waals surface area contributed by atoms with Crippen LogP contribution in [0.2, 0.25) is 0 Å². The lowest BCUT2D eigenvalue weighted by Gasteiger charge is -2.29. The molecular formula is C23H21BrN6O2. The van der Waals surface area contributed by atoms with Crippen LogP contribution < -0.4 is 15.9 Å². The van der Waals surface area contributed by atoms with E-state index in [1.54, 1.807) is 18.2 Å². The molecule has 9 heteroatoms. The van der Waals surface area contributed by atoms with Crippen LogP contribution in [0.1, 0.15) is 16.8 Å². The largest absolute Gasteiger partial charge is 0.353 e. The van der Waals surface area contributed by atoms with Gasteiger partial charge in [-0.1, -0.05) is 40.2 Å². The molecule has 1 aliphatic rings. The molecule has 0 radical (unpaired) electrons. The van der Waals surface area contributed by atoms with E-state index in [1.807, 2.05) is 31.2 Å². The number of halogens is 1. The summed E-state index contributed by atoms with van der Waals surface area (Å²) in [7, 11) is 0. The zero-order chi connectivity index (χ0) is 22.2. The maximum Gasteiger partial charge on any atom is 0.353 e. The number of hydrogen-bond acceptors (Lipinski definition) is 5. The number of fused-ring (bicyclic) bond motifs is 2. The second kappa shape index (κ2) is 8.23. The monoisotopic (exact) mass is 492 g/mol. The lowest BCUT2D eigenvalue weighted by molar-refractivity contribution is -0.117. The Balaban J connectivity index is 1.45. The van der Waals surface area contributed by atoms with Crippen LogP contribution in [0.4, 0.5) is 11.6 Å². The molecule has 2 aromatic carbocycles. The van der Waals surface area contributed by atoms with Crippen LogP contribution in [0, 0.1) is 6.92 Å². The summed E-state index contributed by atoms with van der Waals surface area (Å²) in [5.74, 6) is 0.232. The third kappa shape index (κ3) is 3.91. The fourth-order valence-electron chi connectivity index (χ4n) is 3.98. The summed E-state index contributed by atoms with van der Waals surface area (Å²) in [6.45, 7) is 3.12. The molecule has 1 N–H and O–H groups in total. The van der Waals surface area contributed by atoms with Crippen molar-refractivity contribution in [2.75, 3.05) is 16.8 Å². The van der Waals surface area contributed by atoms with Crippen LogP contribution in [-0.4, -0.2) is 31.6 Å². The highest BCUT2D eigenvalue weighted by Gasteiger charge is 2.22. The highest BCUT2D eigenvalue weighted by Crippen LogP contribution is 2.23. The van der Waals surface area contributed by atoms with E-state index < -0.39 is 0 Å². The normalized spacial score (nSPS) is 13.2. The van der Waals surface area contributed by atoms with E-state index in [2.05, 4.69) is 48.4 Å². The number of amides is 1. The number of aryl methyl sites for hydroxylation is 1. The minimum absolute atomic E-state index is 0.183. The first-order valence-corrected chi connectivity index (χ1v) is 11.1. The van der Waals surface area contributed by atoms with Crippen LogP contribution in [0.3, 0.4) is 0 Å². The Labute approximate surface area is 192 Å². The van der Waals surface area contributed by atoms with Crippen molar-refractivity contribution in [1.29, 1.82) is 0 Å². The van der Waals surface area contributed by atoms with Gasteiger partial charge in [0.2, 0.25) is 11.9 Å². The van der Waals surface area contributed by atoms with Gasteiger partial charge in [-0.3, -0.25) is 4.79 Å². The van der Waals surface area contributed by atoms with Crippen molar-refractivity contribution >= 4 is 39.1 Å². The molecule has 0 aliphatic carbocycles. The first kappa shape index (κ1) is 20.4. The summed E-state index contributed by atoms with van der Waals surface area (Å²) in [6, 6.07) is 17.3. The number of carbonyl (C=O) groups is 1. The first-order valence-electron chi connectivity index (χ1n) is 10.3. The second-order valence-electron chi connectivity index (χ2n) is 7.83. The van der Waals surface area contributed by atoms with E-state index in [0.717, 1.165) is 23.1 Å². The summed E-state index contributed by atoms with van der Waals surface area (Å²) < 4.78 is 3.60. The van der Waals surface area contributed by atoms with E-state index in [-0.39, 0.29) is 18.1 Å². The van der Waals surface area contributed by atoms with E-state index in [4.69, 9.17) is 0 Å². The number of nitrogens with zero attached hydrogens (tertiary/aromatic N) is 5. The van der Waals surface area contributed by atoms with Crippen LogP contribution in [0.15, 0.2) is 63.9 Å². The predicted molar refractivity (Wildman–Crippen MR) is 126 cm³/mol. The summed E-state index contributed by atoms with van der Waals surface area (Å²) in [6.07, 6.45) is 0.881. The van der Waals surface area contributed by atoms with Gasteiger partial charge in [-0.2, -0.15) is 0 Å². The highest BCUT2D eigenvalue weighted by atomic mass is 79.9. The molecule has 2 aromatic heterocycles. The molecule has 162 valence electrons. The zero-order valence-electron chi connectivity index (χ0n) is 17.5. The maximum absolute atomic E-state index is 13.2. The van der Waals surface area contributed by atoms with Gasteiger partial charge in [0, 0.05) is 35.0 Å². The fourth-order valence-corrected chi connectivity index (χ4v) is 4.25. The third-order valence-electron chi connectivity index (χ3n) is 5.51. The molecule has 0 saturated heterocycles. The molecule has 1 aliphatic heterocycles. The van der Waals surface area contributed by atoms with Crippen molar-refractivity contribution in [3.63, 3.8) is 0 Å². The van der Waals surface area contributed by atoms with Gasteiger partial charge < -0.3 is 10.2 Å². The van der Waals surface area contributed by atoms with E-state index in [0.29, 0.717) is 23.8 Å². The molecule has 3 heterocycles. The third-order valence-corrected chi connectivity index (χ3v) is 6.04. The quantitative estimate of drug-likeness (QED) is 0.472. The van der Waals surface area contributed by atoms with Gasteiger partial charge in [0.05, 0.1) is 0 Å². The predicted octanol–water partition coefficient (Wildman–Crippen LogP) is 3.16. The number of carbonyl (C=O) groups excluding carboxylic acids is 1. The Hall–Kier alpha value is -3.46. The number of nitrogens with one attached hydrogen (secondary N) is 1. The minimum Gasteiger partial charge on any atom is -0.337 e. The smallest absolute Gasteiger partial charge is 0.337 e. The number of benzene rings is 2. The molecule has 8 nitrogen and oxygen atoms in total. The molecule has 0 fully saturated rings. The average Bonchev–Trinajstić information content (AvgIpc) is 3.09. The Morgan fingerprint density at radius 1 is 1.12 bits per heavy atom. The van der Waals surface area contributed by atoms with Gasteiger partial charge in [-0.25, -0.2) is 18.9 Å². The summed E-state index contributed by atoms with van der Waals surface area (Å²) in [5.41, 5.74) is 4.06. The second-order valence-corrected chi connectivity index (χ2v) is 8.74. The summed E-state index contributed by atoms with van der Waals surface area (Å²) in [5, 5.41) is 7.20. The lowest BCUT2D eigenvalue weighted by atomic mass is 10.0. The molecule has 4 aromatic rings. The number of rotatable bonds is 4. The standard InChI is InChI=1S/C23H21BrN6O2/c1-15-12-20-27-29(14-21(31)26-19-8-6-18(24)7-9-19)23(32)30(20)22(25-15)28-11-10-16-4-2-3-5-17(16)13-28/h2-9,12H,10-11,13-14H2,1H3,(H,26,31). The van der Waals surface area contributed by atoms with Gasteiger partial charge in [-0.15, -0.1) is 5.10 Å². The first-order chi connectivity index (χ1) is 15.5. The van der Waals surface area contributed by atoms with Crippen molar-refractivity contribution in [2.24, 2.45) is 0 Å². The van der Waals surface area contributed by atoms with Crippen LogP contribution in [0.25, 0.3) is 5.65 Å².